The van der Waals surface area contributed by atoms with Crippen LogP contribution in [-0.4, -0.2) is 6.85 Å². The van der Waals surface area contributed by atoms with Crippen LogP contribution in [0.15, 0.2) is 180 Å². The number of rotatable bonds is 5. The number of hydrogen-bond donors (Lipinski definition) is 0. The van der Waals surface area contributed by atoms with Gasteiger partial charge >= 0.3 is 6.85 Å². The molecule has 11 aromatic rings. The van der Waals surface area contributed by atoms with Crippen molar-refractivity contribution in [3.05, 3.63) is 215 Å². The van der Waals surface area contributed by atoms with E-state index in [1.54, 1.807) is 0 Å². The molecule has 426 valence electrons. The summed E-state index contributed by atoms with van der Waals surface area (Å²) in [5, 5.41) is 3.54. The molecule has 0 saturated carbocycles. The van der Waals surface area contributed by atoms with Crippen LogP contribution in [0.3, 0.4) is 0 Å². The molecule has 14 rings (SSSR count). The number of anilines is 8. The number of thiophene rings is 1. The number of fused-ring (bicyclic) bond motifs is 13. The fourth-order valence-electron chi connectivity index (χ4n) is 14.0. The monoisotopic (exact) mass is 1130 g/mol. The highest BCUT2D eigenvalue weighted by atomic mass is 32.1. The molecule has 1 aliphatic carbocycles. The molecular weight excluding hydrogens is 1050 g/mol. The van der Waals surface area contributed by atoms with Crippen LogP contribution >= 0.6 is 11.3 Å². The van der Waals surface area contributed by atoms with Gasteiger partial charge in [-0.2, -0.15) is 0 Å². The maximum atomic E-state index is 7.34. The Morgan fingerprint density at radius 3 is 1.51 bits per heavy atom. The molecule has 0 amide bonds. The van der Waals surface area contributed by atoms with Crippen molar-refractivity contribution in [3.63, 3.8) is 0 Å². The second-order valence-electron chi connectivity index (χ2n) is 30.3. The topological polar surface area (TPSA) is 22.9 Å². The maximum absolute atomic E-state index is 7.34. The third-order valence-corrected chi connectivity index (χ3v) is 20.2. The molecule has 0 atom stereocenters. The highest BCUT2D eigenvalue weighted by Gasteiger charge is 2.50. The minimum atomic E-state index is -0.360. The average molecular weight is 1130 g/mol. The van der Waals surface area contributed by atoms with Crippen molar-refractivity contribution >= 4 is 106 Å². The van der Waals surface area contributed by atoms with E-state index in [-0.39, 0.29) is 39.3 Å². The Balaban J connectivity index is 1.05. The summed E-state index contributed by atoms with van der Waals surface area (Å²) in [6, 6.07) is 68.3. The Bertz CT molecular complexity index is 4450. The van der Waals surface area contributed by atoms with Gasteiger partial charge in [0.15, 0.2) is 0 Å². The molecule has 4 nitrogen and oxygen atoms in total. The second kappa shape index (κ2) is 18.6. The Morgan fingerprint density at radius 2 is 0.941 bits per heavy atom. The highest BCUT2D eigenvalue weighted by Crippen LogP contribution is 2.58. The van der Waals surface area contributed by atoms with Gasteiger partial charge < -0.3 is 19.0 Å². The zero-order valence-electron chi connectivity index (χ0n) is 53.0. The summed E-state index contributed by atoms with van der Waals surface area (Å²) in [4.78, 5) is 7.80. The van der Waals surface area contributed by atoms with Crippen LogP contribution in [0.1, 0.15) is 157 Å². The first-order valence-corrected chi connectivity index (χ1v) is 31.6. The zero-order valence-corrected chi connectivity index (χ0v) is 53.8. The van der Waals surface area contributed by atoms with Crippen LogP contribution in [0.2, 0.25) is 0 Å². The maximum Gasteiger partial charge on any atom is 0.343 e. The van der Waals surface area contributed by atoms with Crippen LogP contribution in [-0.2, 0) is 32.5 Å². The first-order chi connectivity index (χ1) is 40.1. The summed E-state index contributed by atoms with van der Waals surface area (Å²) in [7, 11) is 0. The van der Waals surface area contributed by atoms with Crippen molar-refractivity contribution in [1.82, 2.24) is 0 Å². The van der Waals surface area contributed by atoms with E-state index in [9.17, 15) is 0 Å². The molecule has 4 heterocycles. The zero-order chi connectivity index (χ0) is 59.8. The predicted molar refractivity (Wildman–Crippen MR) is 369 cm³/mol. The Morgan fingerprint density at radius 1 is 0.435 bits per heavy atom. The third-order valence-electron chi connectivity index (χ3n) is 19.0. The molecule has 3 aliphatic rings. The largest absolute Gasteiger partial charge is 0.455 e. The first-order valence-electron chi connectivity index (χ1n) is 30.8. The van der Waals surface area contributed by atoms with E-state index in [2.05, 4.69) is 308 Å². The van der Waals surface area contributed by atoms with Crippen LogP contribution in [0.4, 0.5) is 45.5 Å². The van der Waals surface area contributed by atoms with E-state index >= 15 is 0 Å². The number of nitrogens with zero attached hydrogens (tertiary/aromatic N) is 3. The Labute approximate surface area is 509 Å². The van der Waals surface area contributed by atoms with Crippen molar-refractivity contribution < 1.29 is 4.42 Å². The Hall–Kier alpha value is -7.80. The van der Waals surface area contributed by atoms with Crippen molar-refractivity contribution in [3.8, 4) is 22.3 Å². The molecule has 9 aromatic carbocycles. The minimum absolute atomic E-state index is 0.000956. The van der Waals surface area contributed by atoms with Crippen LogP contribution < -0.4 is 24.9 Å². The normalized spacial score (nSPS) is 14.7. The summed E-state index contributed by atoms with van der Waals surface area (Å²) in [6.45, 7) is 39.4. The number of para-hydroxylation sites is 1. The summed E-state index contributed by atoms with van der Waals surface area (Å²) >= 11 is 1.96. The minimum Gasteiger partial charge on any atom is -0.455 e. The SMILES string of the molecule is CC(C)(C)c1ccc(N2B3c4sc5ccc(C(C)(C)C)cc5c4N(c4ccc(C(C)(C)C)cc4)c4cc5c(oc6ccccc65)c(c43)-c3cc4c(cc32)C(C)(C)c2cc(N(c3ccc(C(C)(C)C)cc3)c3ccc(C(C)(C)C)cc3)ccc2-4)cc1. The molecule has 0 spiro atoms. The Kier molecular flexibility index (Phi) is 12.1. The molecule has 0 radical (unpaired) electrons. The highest BCUT2D eigenvalue weighted by molar-refractivity contribution is 7.32. The van der Waals surface area contributed by atoms with E-state index in [0.29, 0.717) is 0 Å². The van der Waals surface area contributed by atoms with Crippen molar-refractivity contribution in [2.45, 2.75) is 150 Å². The fraction of sp³-hybridized carbons (Fsp3) is 0.291. The molecule has 0 bridgehead atoms. The molecule has 0 fully saturated rings. The third kappa shape index (κ3) is 8.73. The molecule has 2 aromatic heterocycles. The predicted octanol–water partition coefficient (Wildman–Crippen LogP) is 21.8. The lowest BCUT2D eigenvalue weighted by molar-refractivity contribution is 0.590. The van der Waals surface area contributed by atoms with Crippen molar-refractivity contribution in [1.29, 1.82) is 0 Å². The van der Waals surface area contributed by atoms with Gasteiger partial charge in [0.2, 0.25) is 0 Å². The number of benzene rings is 9. The second-order valence-corrected chi connectivity index (χ2v) is 31.4. The van der Waals surface area contributed by atoms with Gasteiger partial charge in [0.1, 0.15) is 11.2 Å². The molecule has 0 N–H and O–H groups in total. The number of hydrogen-bond acceptors (Lipinski definition) is 5. The van der Waals surface area contributed by atoms with E-state index in [4.69, 9.17) is 4.42 Å². The van der Waals surface area contributed by atoms with Crippen LogP contribution in [0, 0.1) is 0 Å². The molecular formula is C79H80BN3OS. The summed E-state index contributed by atoms with van der Waals surface area (Å²) < 4.78 is 9.95. The fourth-order valence-corrected chi connectivity index (χ4v) is 15.2. The van der Waals surface area contributed by atoms with Gasteiger partial charge in [-0.15, -0.1) is 11.3 Å². The van der Waals surface area contributed by atoms with Gasteiger partial charge in [0, 0.05) is 82.0 Å². The summed E-state index contributed by atoms with van der Waals surface area (Å²) in [5.74, 6) is 0. The molecule has 0 unspecified atom stereocenters. The summed E-state index contributed by atoms with van der Waals surface area (Å²) in [5.41, 5.74) is 26.3. The molecule has 2 aliphatic heterocycles. The van der Waals surface area contributed by atoms with Crippen LogP contribution in [0.5, 0.6) is 0 Å². The quantitative estimate of drug-likeness (QED) is 0.160. The van der Waals surface area contributed by atoms with Gasteiger partial charge in [-0.1, -0.05) is 197 Å². The lowest BCUT2D eigenvalue weighted by Gasteiger charge is -2.45. The average Bonchev–Trinajstić information content (AvgIpc) is 1.66. The van der Waals surface area contributed by atoms with Gasteiger partial charge in [-0.25, -0.2) is 0 Å². The molecule has 85 heavy (non-hydrogen) atoms. The number of furan rings is 1. The van der Waals surface area contributed by atoms with Gasteiger partial charge in [0.05, 0.1) is 5.69 Å². The van der Waals surface area contributed by atoms with E-state index < -0.39 is 0 Å². The van der Waals surface area contributed by atoms with E-state index in [1.807, 2.05) is 11.3 Å². The van der Waals surface area contributed by atoms with Gasteiger partial charge in [-0.05, 0) is 180 Å². The van der Waals surface area contributed by atoms with E-state index in [0.717, 1.165) is 44.7 Å². The smallest absolute Gasteiger partial charge is 0.343 e. The standard InChI is InChI=1S/C79H80BN3OS/c1-74(2,3)47-22-31-52(32-23-47)81(53-33-24-48(25-34-53)75(4,5)6)56-39-40-57-59-44-61-65(46-64(59)79(16,17)63(57)43-56)83(55-37-28-50(29-38-55)77(10,11)12)80-70-66(45-60-58-20-18-19-21-67(58)84-72(60)69(61)70)82(54-35-26-49(27-36-54)76(7,8)9)71-62-42-51(78(13,14)15)30-41-68(62)85-73(71)80/h18-46H,1-17H3. The van der Waals surface area contributed by atoms with Gasteiger partial charge in [-0.3, -0.25) is 0 Å². The molecule has 0 saturated heterocycles. The van der Waals surface area contributed by atoms with Crippen LogP contribution in [0.25, 0.3) is 54.3 Å². The lowest BCUT2D eigenvalue weighted by atomic mass is 9.46. The summed E-state index contributed by atoms with van der Waals surface area (Å²) in [6.07, 6.45) is 0. The van der Waals surface area contributed by atoms with Crippen molar-refractivity contribution in [2.24, 2.45) is 0 Å². The first kappa shape index (κ1) is 55.1. The van der Waals surface area contributed by atoms with Crippen molar-refractivity contribution in [2.75, 3.05) is 14.6 Å². The lowest BCUT2D eigenvalue weighted by Crippen LogP contribution is -2.60. The molecule has 6 heteroatoms. The van der Waals surface area contributed by atoms with Gasteiger partial charge in [0.25, 0.3) is 0 Å². The van der Waals surface area contributed by atoms with E-state index in [1.165, 1.54) is 104 Å².